The van der Waals surface area contributed by atoms with Crippen LogP contribution in [0.2, 0.25) is 0 Å². The largest absolute Gasteiger partial charge is 0.480 e. The Balaban J connectivity index is 2.43. The van der Waals surface area contributed by atoms with Crippen molar-refractivity contribution in [3.05, 3.63) is 32.6 Å². The van der Waals surface area contributed by atoms with E-state index in [4.69, 9.17) is 0 Å². The number of carbonyl (C=O) groups excluding carboxylic acids is 1. The summed E-state index contributed by atoms with van der Waals surface area (Å²) in [5.74, 6) is -1.45. The van der Waals surface area contributed by atoms with Crippen molar-refractivity contribution in [3.8, 4) is 0 Å². The number of H-pyrrole nitrogens is 2. The van der Waals surface area contributed by atoms with Gasteiger partial charge in [0.15, 0.2) is 0 Å². The minimum atomic E-state index is -1.11. The molecular formula is C12H15N3O5S. The Morgan fingerprint density at radius 3 is 2.57 bits per heavy atom. The number of aromatic amines is 2. The van der Waals surface area contributed by atoms with Gasteiger partial charge in [-0.25, -0.2) is 9.59 Å². The number of carbonyl (C=O) groups is 2. The summed E-state index contributed by atoms with van der Waals surface area (Å²) in [6, 6.07) is -0.0130. The second-order valence-electron chi connectivity index (χ2n) is 5.04. The maximum atomic E-state index is 12.5. The third-order valence-electron chi connectivity index (χ3n) is 3.12. The number of carboxylic acid groups (broad SMARTS) is 1. The monoisotopic (exact) mass is 313 g/mol. The number of hydrogen-bond donors (Lipinski definition) is 3. The Morgan fingerprint density at radius 1 is 1.38 bits per heavy atom. The van der Waals surface area contributed by atoms with Gasteiger partial charge in [-0.1, -0.05) is 13.8 Å². The normalized spacial score (nSPS) is 21.8. The topological polar surface area (TPSA) is 123 Å². The maximum absolute atomic E-state index is 12.5. The molecule has 114 valence electrons. The number of nitrogens with one attached hydrogen (secondary N) is 2. The van der Waals surface area contributed by atoms with E-state index in [1.54, 1.807) is 0 Å². The standard InChI is InChI=1S/C12H15N3O5S/c1-5(2)10-15(7(4-21-10)11(18)19)9(17)6-3-8(16)14-12(20)13-6/h3,5,7,10H,4H2,1-2H3,(H,18,19)(H2,13,14,16,20). The first-order valence-corrected chi connectivity index (χ1v) is 7.37. The molecule has 1 saturated heterocycles. The van der Waals surface area contributed by atoms with Crippen LogP contribution in [0.3, 0.4) is 0 Å². The number of aromatic nitrogens is 2. The average molecular weight is 313 g/mol. The second-order valence-corrected chi connectivity index (χ2v) is 6.19. The summed E-state index contributed by atoms with van der Waals surface area (Å²) in [4.78, 5) is 51.8. The minimum Gasteiger partial charge on any atom is -0.480 e. The molecule has 1 fully saturated rings. The zero-order valence-electron chi connectivity index (χ0n) is 11.5. The number of carboxylic acids is 1. The molecule has 1 aliphatic heterocycles. The molecule has 1 aliphatic rings. The molecule has 2 unspecified atom stereocenters. The number of amides is 1. The Bertz CT molecular complexity index is 652. The van der Waals surface area contributed by atoms with Crippen LogP contribution in [-0.2, 0) is 4.79 Å². The molecule has 0 bridgehead atoms. The molecular weight excluding hydrogens is 298 g/mol. The van der Waals surface area contributed by atoms with Crippen molar-refractivity contribution >= 4 is 23.6 Å². The molecule has 3 N–H and O–H groups in total. The van der Waals surface area contributed by atoms with Gasteiger partial charge in [0.25, 0.3) is 11.5 Å². The number of hydrogen-bond acceptors (Lipinski definition) is 5. The second kappa shape index (κ2) is 5.76. The Kier molecular flexibility index (Phi) is 4.21. The van der Waals surface area contributed by atoms with Crippen LogP contribution in [0.4, 0.5) is 0 Å². The number of thioether (sulfide) groups is 1. The van der Waals surface area contributed by atoms with Crippen molar-refractivity contribution in [2.75, 3.05) is 5.75 Å². The first kappa shape index (κ1) is 15.4. The molecule has 1 aromatic rings. The molecule has 0 spiro atoms. The average Bonchev–Trinajstić information content (AvgIpc) is 2.81. The highest BCUT2D eigenvalue weighted by molar-refractivity contribution is 8.00. The summed E-state index contributed by atoms with van der Waals surface area (Å²) in [7, 11) is 0. The molecule has 0 aromatic carbocycles. The first-order chi connectivity index (χ1) is 9.81. The predicted molar refractivity (Wildman–Crippen MR) is 76.4 cm³/mol. The molecule has 0 radical (unpaired) electrons. The third-order valence-corrected chi connectivity index (χ3v) is 4.74. The molecule has 2 rings (SSSR count). The molecule has 1 amide bonds. The summed E-state index contributed by atoms with van der Waals surface area (Å²) in [6.45, 7) is 3.76. The molecule has 2 heterocycles. The predicted octanol–water partition coefficient (Wildman–Crippen LogP) is -0.312. The molecule has 21 heavy (non-hydrogen) atoms. The highest BCUT2D eigenvalue weighted by atomic mass is 32.2. The zero-order chi connectivity index (χ0) is 15.7. The van der Waals surface area contributed by atoms with Gasteiger partial charge in [0, 0.05) is 11.8 Å². The van der Waals surface area contributed by atoms with Crippen LogP contribution in [0.5, 0.6) is 0 Å². The Morgan fingerprint density at radius 2 is 2.05 bits per heavy atom. The van der Waals surface area contributed by atoms with E-state index in [0.717, 1.165) is 6.07 Å². The quantitative estimate of drug-likeness (QED) is 0.703. The van der Waals surface area contributed by atoms with Crippen molar-refractivity contribution in [1.82, 2.24) is 14.9 Å². The fourth-order valence-electron chi connectivity index (χ4n) is 2.21. The summed E-state index contributed by atoms with van der Waals surface area (Å²) >= 11 is 1.37. The molecule has 9 heteroatoms. The van der Waals surface area contributed by atoms with Gasteiger partial charge < -0.3 is 15.0 Å². The zero-order valence-corrected chi connectivity index (χ0v) is 12.3. The van der Waals surface area contributed by atoms with E-state index < -0.39 is 29.2 Å². The minimum absolute atomic E-state index is 0.0389. The number of nitrogens with zero attached hydrogens (tertiary/aromatic N) is 1. The van der Waals surface area contributed by atoms with E-state index in [1.165, 1.54) is 16.7 Å². The fraction of sp³-hybridized carbons (Fsp3) is 0.500. The van der Waals surface area contributed by atoms with Gasteiger partial charge in [-0.3, -0.25) is 14.6 Å². The summed E-state index contributed by atoms with van der Waals surface area (Å²) in [5.41, 5.74) is -1.71. The summed E-state index contributed by atoms with van der Waals surface area (Å²) < 4.78 is 0. The first-order valence-electron chi connectivity index (χ1n) is 6.32. The highest BCUT2D eigenvalue weighted by Crippen LogP contribution is 2.34. The maximum Gasteiger partial charge on any atom is 0.327 e. The van der Waals surface area contributed by atoms with Gasteiger partial charge in [0.2, 0.25) is 0 Å². The van der Waals surface area contributed by atoms with Crippen LogP contribution >= 0.6 is 11.8 Å². The van der Waals surface area contributed by atoms with Crippen molar-refractivity contribution in [3.63, 3.8) is 0 Å². The van der Waals surface area contributed by atoms with Crippen molar-refractivity contribution in [2.45, 2.75) is 25.3 Å². The molecule has 1 aromatic heterocycles. The van der Waals surface area contributed by atoms with Gasteiger partial charge in [0.05, 0.1) is 5.37 Å². The van der Waals surface area contributed by atoms with Gasteiger partial charge >= 0.3 is 11.7 Å². The van der Waals surface area contributed by atoms with E-state index in [-0.39, 0.29) is 22.7 Å². The summed E-state index contributed by atoms with van der Waals surface area (Å²) in [6.07, 6.45) is 0. The lowest BCUT2D eigenvalue weighted by atomic mass is 10.1. The summed E-state index contributed by atoms with van der Waals surface area (Å²) in [5, 5.41) is 8.92. The highest BCUT2D eigenvalue weighted by Gasteiger charge is 2.43. The van der Waals surface area contributed by atoms with E-state index in [9.17, 15) is 24.3 Å². The number of aliphatic carboxylic acids is 1. The molecule has 0 saturated carbocycles. The van der Waals surface area contributed by atoms with E-state index in [1.807, 2.05) is 18.8 Å². The van der Waals surface area contributed by atoms with Crippen LogP contribution in [0, 0.1) is 5.92 Å². The fourth-order valence-corrected chi connectivity index (χ4v) is 3.68. The van der Waals surface area contributed by atoms with Gasteiger partial charge in [-0.05, 0) is 5.92 Å². The Hall–Kier alpha value is -2.03. The van der Waals surface area contributed by atoms with Crippen molar-refractivity contribution in [1.29, 1.82) is 0 Å². The smallest absolute Gasteiger partial charge is 0.327 e. The van der Waals surface area contributed by atoms with Crippen LogP contribution < -0.4 is 11.2 Å². The van der Waals surface area contributed by atoms with Crippen molar-refractivity contribution < 1.29 is 14.7 Å². The lowest BCUT2D eigenvalue weighted by Crippen LogP contribution is -2.48. The SMILES string of the molecule is CC(C)C1SCC(C(=O)O)N1C(=O)c1cc(=O)[nH]c(=O)[nH]1. The van der Waals surface area contributed by atoms with Gasteiger partial charge in [-0.15, -0.1) is 11.8 Å². The van der Waals surface area contributed by atoms with Crippen LogP contribution in [0.1, 0.15) is 24.3 Å². The molecule has 2 atom stereocenters. The van der Waals surface area contributed by atoms with E-state index in [0.29, 0.717) is 0 Å². The Labute approximate surface area is 123 Å². The lowest BCUT2D eigenvalue weighted by molar-refractivity contribution is -0.141. The van der Waals surface area contributed by atoms with Crippen LogP contribution in [0.25, 0.3) is 0 Å². The molecule has 8 nitrogen and oxygen atoms in total. The van der Waals surface area contributed by atoms with Crippen molar-refractivity contribution in [2.24, 2.45) is 5.92 Å². The number of rotatable bonds is 3. The third kappa shape index (κ3) is 3.02. The van der Waals surface area contributed by atoms with Crippen LogP contribution in [0.15, 0.2) is 15.7 Å². The van der Waals surface area contributed by atoms with Crippen LogP contribution in [-0.4, -0.2) is 49.0 Å². The molecule has 0 aliphatic carbocycles. The van der Waals surface area contributed by atoms with E-state index in [2.05, 4.69) is 4.98 Å². The van der Waals surface area contributed by atoms with E-state index >= 15 is 0 Å². The van der Waals surface area contributed by atoms with Gasteiger partial charge in [-0.2, -0.15) is 0 Å². The van der Waals surface area contributed by atoms with Gasteiger partial charge in [0.1, 0.15) is 11.7 Å². The lowest BCUT2D eigenvalue weighted by Gasteiger charge is -2.29.